The summed E-state index contributed by atoms with van der Waals surface area (Å²) < 4.78 is 0. The molecule has 4 aliphatic rings. The lowest BCUT2D eigenvalue weighted by Gasteiger charge is -2.36. The van der Waals surface area contributed by atoms with E-state index in [9.17, 15) is 9.90 Å². The van der Waals surface area contributed by atoms with Crippen molar-refractivity contribution in [3.05, 3.63) is 71.8 Å². The maximum absolute atomic E-state index is 13.0. The molecule has 2 bridgehead atoms. The van der Waals surface area contributed by atoms with Crippen LogP contribution in [0.2, 0.25) is 0 Å². The molecule has 2 amide bonds. The van der Waals surface area contributed by atoms with Crippen LogP contribution in [0.3, 0.4) is 0 Å². The molecule has 0 aromatic heterocycles. The normalized spacial score (nSPS) is 27.3. The molecule has 2 heterocycles. The van der Waals surface area contributed by atoms with E-state index in [-0.39, 0.29) is 12.1 Å². The van der Waals surface area contributed by atoms with Crippen LogP contribution < -0.4 is 10.6 Å². The molecule has 0 unspecified atom stereocenters. The second-order valence-electron chi connectivity index (χ2n) is 12.0. The van der Waals surface area contributed by atoms with Gasteiger partial charge in [-0.2, -0.15) is 0 Å². The number of fused-ring (bicyclic) bond motifs is 4. The summed E-state index contributed by atoms with van der Waals surface area (Å²) in [7, 11) is 0. The second kappa shape index (κ2) is 12.0. The van der Waals surface area contributed by atoms with Gasteiger partial charge in [-0.05, 0) is 100 Å². The Balaban J connectivity index is 1.10. The number of urea groups is 1. The summed E-state index contributed by atoms with van der Waals surface area (Å²) in [5.41, 5.74) is 0.225. The van der Waals surface area contributed by atoms with Gasteiger partial charge in [0.1, 0.15) is 5.60 Å². The molecule has 2 saturated heterocycles. The first kappa shape index (κ1) is 26.2. The fourth-order valence-corrected chi connectivity index (χ4v) is 7.12. The van der Waals surface area contributed by atoms with Gasteiger partial charge in [-0.25, -0.2) is 4.79 Å². The molecule has 3 N–H and O–H groups in total. The number of rotatable bonds is 8. The van der Waals surface area contributed by atoms with Gasteiger partial charge in [0.05, 0.1) is 6.04 Å². The van der Waals surface area contributed by atoms with E-state index in [4.69, 9.17) is 0 Å². The summed E-state index contributed by atoms with van der Waals surface area (Å²) in [4.78, 5) is 15.8. The molecule has 2 aliphatic carbocycles. The number of carbonyl (C=O) groups excluding carboxylic acids is 1. The van der Waals surface area contributed by atoms with Gasteiger partial charge in [0.15, 0.2) is 0 Å². The van der Waals surface area contributed by atoms with Gasteiger partial charge >= 0.3 is 6.03 Å². The van der Waals surface area contributed by atoms with Crippen molar-refractivity contribution in [1.82, 2.24) is 15.5 Å². The van der Waals surface area contributed by atoms with Gasteiger partial charge in [0.25, 0.3) is 0 Å². The molecule has 0 radical (unpaired) electrons. The average Bonchev–Trinajstić information content (AvgIpc) is 3.26. The predicted octanol–water partition coefficient (Wildman–Crippen LogP) is 5.68. The zero-order valence-corrected chi connectivity index (χ0v) is 22.4. The molecule has 1 atom stereocenters. The standard InChI is InChI=1S/C32H45N3O2/c1-24(32(37,28-8-4-2-5-9-28)29-10-6-3-7-11-29)33-31(36)34-30-18-16-25(17-19-30)20-21-35-22-26-12-13-27(23-35)15-14-26/h2-11,24-27,30,37H,12-23H2,1H3,(H2,33,34,36)/t24-,25?,26-,27-,30?/m1/s1. The SMILES string of the molecule is C[C@@H](NC(=O)NC1CCC(CCN2C[C@H]3CC[C@@H](CC3)C2)CC1)C(O)(c1ccccc1)c1ccccc1. The summed E-state index contributed by atoms with van der Waals surface area (Å²) in [5, 5.41) is 18.2. The number of hydrogen-bond acceptors (Lipinski definition) is 3. The van der Waals surface area contributed by atoms with E-state index in [2.05, 4.69) is 15.5 Å². The molecule has 2 aromatic carbocycles. The number of benzene rings is 2. The lowest BCUT2D eigenvalue weighted by molar-refractivity contribution is 0.0470. The van der Waals surface area contributed by atoms with Crippen molar-refractivity contribution in [2.24, 2.45) is 17.8 Å². The second-order valence-corrected chi connectivity index (χ2v) is 12.0. The van der Waals surface area contributed by atoms with Crippen LogP contribution in [0.5, 0.6) is 0 Å². The summed E-state index contributed by atoms with van der Waals surface area (Å²) in [6.07, 6.45) is 11.6. The third-order valence-corrected chi connectivity index (χ3v) is 9.44. The van der Waals surface area contributed by atoms with Crippen LogP contribution in [0, 0.1) is 17.8 Å². The number of aliphatic hydroxyl groups is 1. The highest BCUT2D eigenvalue weighted by Crippen LogP contribution is 2.35. The minimum Gasteiger partial charge on any atom is -0.378 e. The number of nitrogens with one attached hydrogen (secondary N) is 2. The quantitative estimate of drug-likeness (QED) is 0.434. The Labute approximate surface area is 223 Å². The minimum absolute atomic E-state index is 0.193. The fraction of sp³-hybridized carbons (Fsp3) is 0.594. The van der Waals surface area contributed by atoms with E-state index in [0.717, 1.165) is 41.7 Å². The van der Waals surface area contributed by atoms with Crippen LogP contribution >= 0.6 is 0 Å². The maximum atomic E-state index is 13.0. The molecule has 200 valence electrons. The predicted molar refractivity (Wildman–Crippen MR) is 149 cm³/mol. The van der Waals surface area contributed by atoms with Gasteiger partial charge in [-0.3, -0.25) is 0 Å². The third kappa shape index (κ3) is 6.38. The summed E-state index contributed by atoms with van der Waals surface area (Å²) in [5.74, 6) is 2.67. The van der Waals surface area contributed by atoms with Gasteiger partial charge in [0, 0.05) is 19.1 Å². The topological polar surface area (TPSA) is 64.6 Å². The molecule has 5 nitrogen and oxygen atoms in total. The van der Waals surface area contributed by atoms with E-state index in [0.29, 0.717) is 0 Å². The zero-order chi connectivity index (χ0) is 25.7. The first-order chi connectivity index (χ1) is 18.0. The largest absolute Gasteiger partial charge is 0.378 e. The first-order valence-corrected chi connectivity index (χ1v) is 14.6. The van der Waals surface area contributed by atoms with Crippen LogP contribution in [-0.2, 0) is 5.60 Å². The Morgan fingerprint density at radius 2 is 1.38 bits per heavy atom. The molecule has 5 heteroatoms. The average molecular weight is 504 g/mol. The molecule has 6 rings (SSSR count). The van der Waals surface area contributed by atoms with Crippen molar-refractivity contribution in [2.75, 3.05) is 19.6 Å². The van der Waals surface area contributed by atoms with Crippen molar-refractivity contribution >= 4 is 6.03 Å². The van der Waals surface area contributed by atoms with Gasteiger partial charge < -0.3 is 20.6 Å². The molecule has 2 aliphatic heterocycles. The Morgan fingerprint density at radius 3 is 1.89 bits per heavy atom. The Kier molecular flexibility index (Phi) is 8.51. The van der Waals surface area contributed by atoms with Crippen molar-refractivity contribution in [2.45, 2.75) is 82.4 Å². The zero-order valence-electron chi connectivity index (χ0n) is 22.4. The fourth-order valence-electron chi connectivity index (χ4n) is 7.12. The highest BCUT2D eigenvalue weighted by Gasteiger charge is 2.39. The smallest absolute Gasteiger partial charge is 0.315 e. The van der Waals surface area contributed by atoms with E-state index in [1.165, 1.54) is 64.6 Å². The molecule has 37 heavy (non-hydrogen) atoms. The Morgan fingerprint density at radius 1 is 0.865 bits per heavy atom. The number of hydrogen-bond donors (Lipinski definition) is 3. The number of carbonyl (C=O) groups is 1. The van der Waals surface area contributed by atoms with Gasteiger partial charge in [0.2, 0.25) is 0 Å². The van der Waals surface area contributed by atoms with Crippen LogP contribution in [-0.4, -0.2) is 47.8 Å². The van der Waals surface area contributed by atoms with Gasteiger partial charge in [-0.15, -0.1) is 0 Å². The van der Waals surface area contributed by atoms with Crippen LogP contribution in [0.25, 0.3) is 0 Å². The highest BCUT2D eigenvalue weighted by molar-refractivity contribution is 5.75. The van der Waals surface area contributed by atoms with Crippen molar-refractivity contribution in [1.29, 1.82) is 0 Å². The maximum Gasteiger partial charge on any atom is 0.315 e. The lowest BCUT2D eigenvalue weighted by atomic mass is 9.81. The Hall–Kier alpha value is -2.37. The van der Waals surface area contributed by atoms with Crippen LogP contribution in [0.1, 0.15) is 75.8 Å². The third-order valence-electron chi connectivity index (χ3n) is 9.44. The van der Waals surface area contributed by atoms with Crippen LogP contribution in [0.4, 0.5) is 4.79 Å². The minimum atomic E-state index is -1.32. The Bertz CT molecular complexity index is 928. The summed E-state index contributed by atoms with van der Waals surface area (Å²) in [6.45, 7) is 5.78. The molecule has 2 aromatic rings. The van der Waals surface area contributed by atoms with Crippen molar-refractivity contribution in [3.8, 4) is 0 Å². The molecular weight excluding hydrogens is 458 g/mol. The van der Waals surface area contributed by atoms with E-state index < -0.39 is 11.6 Å². The first-order valence-electron chi connectivity index (χ1n) is 14.6. The molecule has 2 saturated carbocycles. The lowest BCUT2D eigenvalue weighted by Crippen LogP contribution is -2.54. The monoisotopic (exact) mass is 503 g/mol. The van der Waals surface area contributed by atoms with Crippen LogP contribution in [0.15, 0.2) is 60.7 Å². The van der Waals surface area contributed by atoms with E-state index in [1.807, 2.05) is 67.6 Å². The summed E-state index contributed by atoms with van der Waals surface area (Å²) >= 11 is 0. The van der Waals surface area contributed by atoms with Gasteiger partial charge in [-0.1, -0.05) is 60.7 Å². The van der Waals surface area contributed by atoms with E-state index in [1.54, 1.807) is 0 Å². The summed E-state index contributed by atoms with van der Waals surface area (Å²) in [6, 6.07) is 18.7. The van der Waals surface area contributed by atoms with Crippen molar-refractivity contribution < 1.29 is 9.90 Å². The number of amides is 2. The molecule has 0 spiro atoms. The molecular formula is C32H45N3O2. The molecule has 4 fully saturated rings. The van der Waals surface area contributed by atoms with E-state index >= 15 is 0 Å². The highest BCUT2D eigenvalue weighted by atomic mass is 16.3. The number of nitrogens with zero attached hydrogens (tertiary/aromatic N) is 1. The van der Waals surface area contributed by atoms with Crippen molar-refractivity contribution in [3.63, 3.8) is 0 Å².